The van der Waals surface area contributed by atoms with E-state index < -0.39 is 0 Å². The third kappa shape index (κ3) is 3.86. The van der Waals surface area contributed by atoms with Crippen molar-refractivity contribution >= 4 is 29.3 Å². The second-order valence-electron chi connectivity index (χ2n) is 8.29. The van der Waals surface area contributed by atoms with Crippen LogP contribution in [0.3, 0.4) is 0 Å². The third-order valence-electron chi connectivity index (χ3n) is 6.60. The molecule has 2 amide bonds. The van der Waals surface area contributed by atoms with Crippen molar-refractivity contribution in [3.05, 3.63) is 24.5 Å². The molecule has 3 fully saturated rings. The molecule has 7 heteroatoms. The van der Waals surface area contributed by atoms with Gasteiger partial charge in [0.05, 0.1) is 10.7 Å². The molecule has 3 aliphatic rings. The largest absolute Gasteiger partial charge is 0.371 e. The van der Waals surface area contributed by atoms with Gasteiger partial charge in [-0.2, -0.15) is 0 Å². The summed E-state index contributed by atoms with van der Waals surface area (Å²) < 4.78 is -0.219. The summed E-state index contributed by atoms with van der Waals surface area (Å²) in [6.07, 6.45) is 11.5. The number of likely N-dealkylation sites (tertiary alicyclic amines) is 1. The van der Waals surface area contributed by atoms with E-state index in [1.54, 1.807) is 24.2 Å². The minimum Gasteiger partial charge on any atom is -0.371 e. The Morgan fingerprint density at radius 2 is 1.93 bits per heavy atom. The molecule has 1 aromatic heterocycles. The second-order valence-corrected chi connectivity index (χ2v) is 9.48. The lowest BCUT2D eigenvalue weighted by molar-refractivity contribution is -0.137. The van der Waals surface area contributed by atoms with Crippen molar-refractivity contribution in [2.75, 3.05) is 37.3 Å². The first-order valence-electron chi connectivity index (χ1n) is 10.4. The van der Waals surface area contributed by atoms with E-state index in [-0.39, 0.29) is 28.5 Å². The lowest BCUT2D eigenvalue weighted by Gasteiger charge is -2.41. The lowest BCUT2D eigenvalue weighted by atomic mass is 9.83. The zero-order valence-corrected chi connectivity index (χ0v) is 17.4. The quantitative estimate of drug-likeness (QED) is 0.819. The number of carbonyl (C=O) groups excluding carboxylic acids is 2. The Morgan fingerprint density at radius 1 is 1.14 bits per heavy atom. The molecule has 0 radical (unpaired) electrons. The number of hydrogen-bond acceptors (Lipinski definition) is 5. The highest BCUT2D eigenvalue weighted by Gasteiger charge is 2.44. The van der Waals surface area contributed by atoms with Gasteiger partial charge in [-0.15, -0.1) is 11.8 Å². The molecule has 0 spiro atoms. The molecule has 0 bridgehead atoms. The van der Waals surface area contributed by atoms with Crippen LogP contribution in [0.1, 0.15) is 38.5 Å². The summed E-state index contributed by atoms with van der Waals surface area (Å²) in [5.74, 6) is 0.473. The number of thioether (sulfide) groups is 1. The van der Waals surface area contributed by atoms with Crippen LogP contribution < -0.4 is 10.2 Å². The Bertz CT molecular complexity index is 704. The van der Waals surface area contributed by atoms with Crippen LogP contribution in [0.4, 0.5) is 5.69 Å². The van der Waals surface area contributed by atoms with Crippen LogP contribution in [0, 0.1) is 5.92 Å². The Hall–Kier alpha value is -1.76. The van der Waals surface area contributed by atoms with Gasteiger partial charge in [0.15, 0.2) is 0 Å². The van der Waals surface area contributed by atoms with Gasteiger partial charge in [-0.25, -0.2) is 0 Å². The average molecular weight is 403 g/mol. The Labute approximate surface area is 171 Å². The molecule has 1 unspecified atom stereocenters. The fraction of sp³-hybridized carbons (Fsp3) is 0.667. The topological polar surface area (TPSA) is 65.5 Å². The highest BCUT2D eigenvalue weighted by atomic mass is 32.2. The molecule has 2 atom stereocenters. The molecule has 6 nitrogen and oxygen atoms in total. The first-order chi connectivity index (χ1) is 13.6. The summed E-state index contributed by atoms with van der Waals surface area (Å²) in [5, 5.41) is 3.25. The van der Waals surface area contributed by atoms with E-state index in [1.165, 1.54) is 0 Å². The minimum atomic E-state index is -0.219. The van der Waals surface area contributed by atoms with Gasteiger partial charge in [-0.3, -0.25) is 14.6 Å². The zero-order chi connectivity index (χ0) is 19.6. The molecule has 1 aliphatic carbocycles. The minimum absolute atomic E-state index is 0.0480. The molecule has 3 heterocycles. The summed E-state index contributed by atoms with van der Waals surface area (Å²) >= 11 is 1.68. The van der Waals surface area contributed by atoms with Crippen LogP contribution in [0.5, 0.6) is 0 Å². The van der Waals surface area contributed by atoms with E-state index in [0.29, 0.717) is 6.54 Å². The maximum Gasteiger partial charge on any atom is 0.236 e. The summed E-state index contributed by atoms with van der Waals surface area (Å²) in [5.41, 5.74) is 1.14. The van der Waals surface area contributed by atoms with Gasteiger partial charge >= 0.3 is 0 Å². The number of carbonyl (C=O) groups is 2. The molecule has 1 saturated carbocycles. The zero-order valence-electron chi connectivity index (χ0n) is 16.6. The number of hydrogen-bond donors (Lipinski definition) is 1. The Kier molecular flexibility index (Phi) is 5.80. The Morgan fingerprint density at radius 3 is 2.61 bits per heavy atom. The molecule has 152 valence electrons. The van der Waals surface area contributed by atoms with Crippen molar-refractivity contribution in [2.24, 2.45) is 5.92 Å². The number of piperidine rings is 1. The standard InChI is InChI=1S/C21H30N4O2S/c1-28-21(8-3-9-21)20(27)23-17-4-2-12-25(15-17)19(26)16-7-13-24(14-16)18-5-10-22-11-6-18/h5-6,10-11,16-17H,2-4,7-9,12-15H2,1H3,(H,23,27)/t16?,17-/m1/s1. The predicted molar refractivity (Wildman–Crippen MR) is 112 cm³/mol. The van der Waals surface area contributed by atoms with E-state index in [2.05, 4.69) is 15.2 Å². The molecular weight excluding hydrogens is 372 g/mol. The van der Waals surface area contributed by atoms with Gasteiger partial charge in [-0.1, -0.05) is 0 Å². The van der Waals surface area contributed by atoms with Crippen LogP contribution in [0.2, 0.25) is 0 Å². The number of anilines is 1. The van der Waals surface area contributed by atoms with Crippen LogP contribution in [0.25, 0.3) is 0 Å². The smallest absolute Gasteiger partial charge is 0.236 e. The van der Waals surface area contributed by atoms with Crippen molar-refractivity contribution in [2.45, 2.75) is 49.3 Å². The maximum atomic E-state index is 13.1. The van der Waals surface area contributed by atoms with E-state index in [1.807, 2.05) is 23.3 Å². The molecule has 4 rings (SSSR count). The number of aromatic nitrogens is 1. The average Bonchev–Trinajstić information content (AvgIpc) is 3.18. The fourth-order valence-electron chi connectivity index (χ4n) is 4.64. The van der Waals surface area contributed by atoms with E-state index in [4.69, 9.17) is 0 Å². The van der Waals surface area contributed by atoms with Crippen molar-refractivity contribution in [1.29, 1.82) is 0 Å². The van der Waals surface area contributed by atoms with Crippen LogP contribution in [-0.2, 0) is 9.59 Å². The van der Waals surface area contributed by atoms with Gasteiger partial charge in [0.25, 0.3) is 0 Å². The van der Waals surface area contributed by atoms with Crippen molar-refractivity contribution in [3.63, 3.8) is 0 Å². The highest BCUT2D eigenvalue weighted by molar-refractivity contribution is 8.00. The van der Waals surface area contributed by atoms with Crippen molar-refractivity contribution < 1.29 is 9.59 Å². The van der Waals surface area contributed by atoms with Gasteiger partial charge in [0.1, 0.15) is 0 Å². The van der Waals surface area contributed by atoms with Crippen LogP contribution >= 0.6 is 11.8 Å². The molecule has 2 aliphatic heterocycles. The first-order valence-corrected chi connectivity index (χ1v) is 11.6. The third-order valence-corrected chi connectivity index (χ3v) is 7.97. The van der Waals surface area contributed by atoms with Gasteiger partial charge in [0, 0.05) is 50.3 Å². The number of rotatable bonds is 5. The number of nitrogens with one attached hydrogen (secondary N) is 1. The van der Waals surface area contributed by atoms with Gasteiger partial charge < -0.3 is 15.1 Å². The molecule has 2 saturated heterocycles. The van der Waals surface area contributed by atoms with E-state index in [9.17, 15) is 9.59 Å². The van der Waals surface area contributed by atoms with Gasteiger partial charge in [0.2, 0.25) is 11.8 Å². The number of nitrogens with zero attached hydrogens (tertiary/aromatic N) is 3. The monoisotopic (exact) mass is 402 g/mol. The summed E-state index contributed by atoms with van der Waals surface area (Å²) in [6.45, 7) is 3.14. The summed E-state index contributed by atoms with van der Waals surface area (Å²) in [7, 11) is 0. The molecule has 0 aromatic carbocycles. The molecule has 28 heavy (non-hydrogen) atoms. The molecule has 1 N–H and O–H groups in total. The second kappa shape index (κ2) is 8.31. The molecular formula is C21H30N4O2S. The van der Waals surface area contributed by atoms with Crippen molar-refractivity contribution in [1.82, 2.24) is 15.2 Å². The lowest BCUT2D eigenvalue weighted by Crippen LogP contribution is -2.56. The predicted octanol–water partition coefficient (Wildman–Crippen LogP) is 2.30. The number of pyridine rings is 1. The summed E-state index contributed by atoms with van der Waals surface area (Å²) in [4.78, 5) is 34.2. The first kappa shape index (κ1) is 19.6. The normalized spacial score (nSPS) is 26.6. The summed E-state index contributed by atoms with van der Waals surface area (Å²) in [6, 6.07) is 4.09. The van der Waals surface area contributed by atoms with Gasteiger partial charge in [-0.05, 0) is 56.9 Å². The van der Waals surface area contributed by atoms with Crippen LogP contribution in [-0.4, -0.2) is 64.9 Å². The highest BCUT2D eigenvalue weighted by Crippen LogP contribution is 2.43. The van der Waals surface area contributed by atoms with E-state index >= 15 is 0 Å². The fourth-order valence-corrected chi connectivity index (χ4v) is 5.58. The SMILES string of the molecule is CSC1(C(=O)N[C@@H]2CCCN(C(=O)C3CCN(c4ccncc4)C3)C2)CCC1. The molecule has 1 aromatic rings. The van der Waals surface area contributed by atoms with Crippen LogP contribution in [0.15, 0.2) is 24.5 Å². The van der Waals surface area contributed by atoms with Crippen molar-refractivity contribution in [3.8, 4) is 0 Å². The Balaban J connectivity index is 1.32. The van der Waals surface area contributed by atoms with E-state index in [0.717, 1.165) is 63.8 Å². The number of amides is 2. The maximum absolute atomic E-state index is 13.1.